The highest BCUT2D eigenvalue weighted by molar-refractivity contribution is 5.96. The molecule has 1 aliphatic rings. The van der Waals surface area contributed by atoms with Crippen LogP contribution in [-0.4, -0.2) is 99.9 Å². The summed E-state index contributed by atoms with van der Waals surface area (Å²) in [5.74, 6) is -6.65. The third-order valence-electron chi connectivity index (χ3n) is 7.50. The van der Waals surface area contributed by atoms with Gasteiger partial charge < -0.3 is 53.0 Å². The van der Waals surface area contributed by atoms with Gasteiger partial charge in [0.05, 0.1) is 6.54 Å². The average Bonchev–Trinajstić information content (AvgIpc) is 3.51. The molecule has 11 N–H and O–H groups in total. The second-order valence-corrected chi connectivity index (χ2v) is 11.5. The third kappa shape index (κ3) is 12.8. The standard InChI is InChI=1S/C32H39N7O11/c33-25(42)11-9-22(31(49)39-23(30(48)35-16-28(45)46)13-17-1-5-19(40)6-2-17)38-32(50)24(14-18-3-7-20(41)8-4-18)37-27(44)15-34-29(47)21-10-12-26(43)36-21/h1-8,21-24,40-41H,9-16H2,(H2,33,42)(H,34,47)(H,35,48)(H,36,43)(H,37,44)(H,38,50)(H,39,49)(H,45,46)/t21-,22-,23-,24-/m0/s1. The summed E-state index contributed by atoms with van der Waals surface area (Å²) in [5, 5.41) is 42.8. The van der Waals surface area contributed by atoms with Crippen molar-refractivity contribution in [2.75, 3.05) is 13.1 Å². The Balaban J connectivity index is 1.79. The predicted octanol–water partition coefficient (Wildman–Crippen LogP) is -2.80. The molecule has 1 fully saturated rings. The summed E-state index contributed by atoms with van der Waals surface area (Å²) in [6.45, 7) is -1.31. The van der Waals surface area contributed by atoms with Crippen molar-refractivity contribution in [3.8, 4) is 11.5 Å². The highest BCUT2D eigenvalue weighted by atomic mass is 16.4. The van der Waals surface area contributed by atoms with Crippen molar-refractivity contribution >= 4 is 47.3 Å². The van der Waals surface area contributed by atoms with Gasteiger partial charge in [0.15, 0.2) is 0 Å². The number of carbonyl (C=O) groups excluding carboxylic acids is 7. The van der Waals surface area contributed by atoms with Gasteiger partial charge in [-0.1, -0.05) is 24.3 Å². The van der Waals surface area contributed by atoms with Crippen LogP contribution in [0.25, 0.3) is 0 Å². The molecule has 18 nitrogen and oxygen atoms in total. The first-order valence-corrected chi connectivity index (χ1v) is 15.5. The third-order valence-corrected chi connectivity index (χ3v) is 7.50. The largest absolute Gasteiger partial charge is 0.508 e. The Bertz CT molecular complexity index is 1580. The minimum absolute atomic E-state index is 0.0575. The van der Waals surface area contributed by atoms with E-state index < -0.39 is 78.7 Å². The van der Waals surface area contributed by atoms with Crippen LogP contribution >= 0.6 is 0 Å². The molecule has 0 aromatic heterocycles. The average molecular weight is 698 g/mol. The number of rotatable bonds is 18. The molecule has 7 amide bonds. The van der Waals surface area contributed by atoms with Gasteiger partial charge in [0.1, 0.15) is 42.2 Å². The number of nitrogens with two attached hydrogens (primary N) is 1. The fraction of sp³-hybridized carbons (Fsp3) is 0.375. The summed E-state index contributed by atoms with van der Waals surface area (Å²) in [5.41, 5.74) is 6.27. The van der Waals surface area contributed by atoms with E-state index in [0.717, 1.165) is 0 Å². The first kappa shape index (κ1) is 38.2. The van der Waals surface area contributed by atoms with Crippen molar-refractivity contribution in [3.05, 3.63) is 59.7 Å². The topological polar surface area (TPSA) is 295 Å². The number of carboxylic acids is 1. The number of nitrogens with one attached hydrogen (secondary N) is 6. The molecule has 1 heterocycles. The van der Waals surface area contributed by atoms with E-state index in [9.17, 15) is 48.6 Å². The van der Waals surface area contributed by atoms with E-state index in [0.29, 0.717) is 11.1 Å². The van der Waals surface area contributed by atoms with Crippen LogP contribution in [0.4, 0.5) is 0 Å². The molecule has 0 unspecified atom stereocenters. The van der Waals surface area contributed by atoms with E-state index in [4.69, 9.17) is 10.8 Å². The first-order chi connectivity index (χ1) is 23.7. The number of phenolic OH excluding ortho intramolecular Hbond substituents is 2. The number of benzene rings is 2. The SMILES string of the molecule is NC(=O)CC[C@H](NC(=O)[C@H](Cc1ccc(O)cc1)NC(=O)CNC(=O)[C@@H]1CCC(=O)N1)C(=O)N[C@@H](Cc1ccc(O)cc1)C(=O)NCC(=O)O. The molecular formula is C32H39N7O11. The highest BCUT2D eigenvalue weighted by Crippen LogP contribution is 2.14. The maximum Gasteiger partial charge on any atom is 0.322 e. The zero-order valence-electron chi connectivity index (χ0n) is 26.8. The van der Waals surface area contributed by atoms with E-state index >= 15 is 0 Å². The van der Waals surface area contributed by atoms with Crippen LogP contribution in [0.15, 0.2) is 48.5 Å². The van der Waals surface area contributed by atoms with Crippen LogP contribution in [-0.2, 0) is 51.2 Å². The number of carboxylic acid groups (broad SMARTS) is 1. The Kier molecular flexibility index (Phi) is 14.1. The van der Waals surface area contributed by atoms with Gasteiger partial charge in [0, 0.05) is 25.7 Å². The maximum absolute atomic E-state index is 13.6. The lowest BCUT2D eigenvalue weighted by atomic mass is 10.0. The summed E-state index contributed by atoms with van der Waals surface area (Å²) < 4.78 is 0. The molecule has 0 radical (unpaired) electrons. The van der Waals surface area contributed by atoms with E-state index in [2.05, 4.69) is 31.9 Å². The molecule has 2 aromatic carbocycles. The maximum atomic E-state index is 13.6. The van der Waals surface area contributed by atoms with Crippen molar-refractivity contribution in [1.82, 2.24) is 31.9 Å². The quantitative estimate of drug-likeness (QED) is 0.0759. The smallest absolute Gasteiger partial charge is 0.322 e. The van der Waals surface area contributed by atoms with Gasteiger partial charge in [-0.25, -0.2) is 0 Å². The molecule has 3 rings (SSSR count). The first-order valence-electron chi connectivity index (χ1n) is 15.5. The Labute approximate surface area is 285 Å². The highest BCUT2D eigenvalue weighted by Gasteiger charge is 2.31. The number of amides is 7. The molecule has 0 saturated carbocycles. The molecule has 268 valence electrons. The Hall–Kier alpha value is -6.20. The summed E-state index contributed by atoms with van der Waals surface area (Å²) >= 11 is 0. The van der Waals surface area contributed by atoms with Crippen molar-refractivity contribution in [3.63, 3.8) is 0 Å². The molecule has 0 spiro atoms. The molecule has 50 heavy (non-hydrogen) atoms. The minimum atomic E-state index is -1.48. The molecule has 18 heteroatoms. The Morgan fingerprint density at radius 3 is 1.76 bits per heavy atom. The van der Waals surface area contributed by atoms with Crippen LogP contribution in [0.2, 0.25) is 0 Å². The van der Waals surface area contributed by atoms with Crippen molar-refractivity contribution in [2.24, 2.45) is 5.73 Å². The molecule has 1 aliphatic heterocycles. The number of primary amides is 1. The lowest BCUT2D eigenvalue weighted by molar-refractivity contribution is -0.138. The van der Waals surface area contributed by atoms with Gasteiger partial charge >= 0.3 is 5.97 Å². The minimum Gasteiger partial charge on any atom is -0.508 e. The van der Waals surface area contributed by atoms with E-state index in [1.165, 1.54) is 48.5 Å². The molecule has 1 saturated heterocycles. The van der Waals surface area contributed by atoms with Gasteiger partial charge in [0.2, 0.25) is 41.4 Å². The number of hydrogen-bond donors (Lipinski definition) is 10. The number of hydrogen-bond acceptors (Lipinski definition) is 10. The van der Waals surface area contributed by atoms with E-state index in [1.54, 1.807) is 0 Å². The van der Waals surface area contributed by atoms with E-state index in [-0.39, 0.29) is 55.9 Å². The van der Waals surface area contributed by atoms with Gasteiger partial charge in [-0.3, -0.25) is 38.4 Å². The number of aliphatic carboxylic acids is 1. The summed E-state index contributed by atoms with van der Waals surface area (Å²) in [6.07, 6.45) is -0.568. The molecular weight excluding hydrogens is 658 g/mol. The zero-order valence-corrected chi connectivity index (χ0v) is 26.8. The van der Waals surface area contributed by atoms with Gasteiger partial charge in [0.25, 0.3) is 0 Å². The fourth-order valence-electron chi connectivity index (χ4n) is 4.89. The normalized spacial score (nSPS) is 15.4. The second kappa shape index (κ2) is 18.4. The lowest BCUT2D eigenvalue weighted by Gasteiger charge is -2.25. The Morgan fingerprint density at radius 2 is 1.26 bits per heavy atom. The van der Waals surface area contributed by atoms with Crippen LogP contribution < -0.4 is 37.6 Å². The predicted molar refractivity (Wildman–Crippen MR) is 173 cm³/mol. The lowest BCUT2D eigenvalue weighted by Crippen LogP contribution is -2.58. The monoisotopic (exact) mass is 697 g/mol. The molecule has 2 aromatic rings. The zero-order chi connectivity index (χ0) is 36.8. The van der Waals surface area contributed by atoms with Crippen LogP contribution in [0, 0.1) is 0 Å². The van der Waals surface area contributed by atoms with Gasteiger partial charge in [-0.05, 0) is 48.2 Å². The van der Waals surface area contributed by atoms with Crippen LogP contribution in [0.3, 0.4) is 0 Å². The van der Waals surface area contributed by atoms with E-state index in [1.807, 2.05) is 0 Å². The summed E-state index contributed by atoms with van der Waals surface area (Å²) in [6, 6.07) is 6.35. The van der Waals surface area contributed by atoms with Crippen molar-refractivity contribution in [2.45, 2.75) is 62.7 Å². The van der Waals surface area contributed by atoms with Crippen LogP contribution in [0.1, 0.15) is 36.8 Å². The number of carbonyl (C=O) groups is 8. The summed E-state index contributed by atoms with van der Waals surface area (Å²) in [4.78, 5) is 99.5. The Morgan fingerprint density at radius 1 is 0.740 bits per heavy atom. The van der Waals surface area contributed by atoms with Gasteiger partial charge in [-0.2, -0.15) is 0 Å². The second-order valence-electron chi connectivity index (χ2n) is 11.5. The van der Waals surface area contributed by atoms with Crippen molar-refractivity contribution in [1.29, 1.82) is 0 Å². The van der Waals surface area contributed by atoms with Crippen molar-refractivity contribution < 1.29 is 53.7 Å². The van der Waals surface area contributed by atoms with Crippen LogP contribution in [0.5, 0.6) is 11.5 Å². The number of phenols is 2. The fourth-order valence-corrected chi connectivity index (χ4v) is 4.89. The molecule has 4 atom stereocenters. The molecule has 0 bridgehead atoms. The molecule has 0 aliphatic carbocycles. The summed E-state index contributed by atoms with van der Waals surface area (Å²) in [7, 11) is 0. The van der Waals surface area contributed by atoms with Gasteiger partial charge in [-0.15, -0.1) is 0 Å². The number of aromatic hydroxyl groups is 2.